The molecule has 0 saturated carbocycles. The Morgan fingerprint density at radius 2 is 2.00 bits per heavy atom. The number of nitrogens with zero attached hydrogens (tertiary/aromatic N) is 3. The summed E-state index contributed by atoms with van der Waals surface area (Å²) in [5.41, 5.74) is 3.05. The Morgan fingerprint density at radius 1 is 1.17 bits per heavy atom. The van der Waals surface area contributed by atoms with E-state index in [0.29, 0.717) is 6.54 Å². The smallest absolute Gasteiger partial charge is 0.236 e. The molecule has 2 fully saturated rings. The highest BCUT2D eigenvalue weighted by molar-refractivity contribution is 5.78. The first kappa shape index (κ1) is 19.9. The highest BCUT2D eigenvalue weighted by Gasteiger charge is 2.27. The first-order chi connectivity index (χ1) is 14.2. The minimum absolute atomic E-state index is 0.223. The van der Waals surface area contributed by atoms with Gasteiger partial charge in [0.05, 0.1) is 32.6 Å². The fourth-order valence-electron chi connectivity index (χ4n) is 4.12. The molecule has 1 atom stereocenters. The Kier molecular flexibility index (Phi) is 6.42. The maximum Gasteiger partial charge on any atom is 0.236 e. The van der Waals surface area contributed by atoms with Crippen LogP contribution in [0, 0.1) is 0 Å². The number of likely N-dealkylation sites (tertiary alicyclic amines) is 1. The molecule has 3 heterocycles. The van der Waals surface area contributed by atoms with E-state index in [1.807, 2.05) is 35.2 Å². The fraction of sp³-hybridized carbons (Fsp3) is 0.478. The number of rotatable bonds is 5. The summed E-state index contributed by atoms with van der Waals surface area (Å²) in [5, 5.41) is 0. The molecule has 154 valence electrons. The highest BCUT2D eigenvalue weighted by Crippen LogP contribution is 2.28. The van der Waals surface area contributed by atoms with Crippen LogP contribution in [0.4, 0.5) is 0 Å². The van der Waals surface area contributed by atoms with E-state index in [1.165, 1.54) is 0 Å². The van der Waals surface area contributed by atoms with Gasteiger partial charge in [0.25, 0.3) is 0 Å². The lowest BCUT2D eigenvalue weighted by molar-refractivity contribution is -0.134. The number of ether oxygens (including phenoxy) is 2. The van der Waals surface area contributed by atoms with Crippen LogP contribution in [0.3, 0.4) is 0 Å². The van der Waals surface area contributed by atoms with E-state index in [1.54, 1.807) is 7.11 Å². The molecule has 6 nitrogen and oxygen atoms in total. The van der Waals surface area contributed by atoms with Crippen molar-refractivity contribution in [2.24, 2.45) is 0 Å². The number of benzene rings is 1. The molecular weight excluding hydrogens is 366 g/mol. The van der Waals surface area contributed by atoms with Gasteiger partial charge in [-0.3, -0.25) is 14.7 Å². The molecule has 2 aromatic rings. The van der Waals surface area contributed by atoms with Gasteiger partial charge in [-0.2, -0.15) is 0 Å². The van der Waals surface area contributed by atoms with Crippen LogP contribution in [0.1, 0.15) is 24.5 Å². The Hall–Kier alpha value is -2.44. The summed E-state index contributed by atoms with van der Waals surface area (Å²) in [6.45, 7) is 5.20. The van der Waals surface area contributed by atoms with E-state index in [0.717, 1.165) is 74.9 Å². The van der Waals surface area contributed by atoms with Gasteiger partial charge in [-0.1, -0.05) is 18.2 Å². The molecular formula is C23H29N3O3. The molecule has 0 bridgehead atoms. The molecule has 0 aliphatic carbocycles. The third-order valence-electron chi connectivity index (χ3n) is 5.79. The average molecular weight is 396 g/mol. The molecule has 0 radical (unpaired) electrons. The van der Waals surface area contributed by atoms with Crippen molar-refractivity contribution in [1.29, 1.82) is 0 Å². The van der Waals surface area contributed by atoms with E-state index >= 15 is 0 Å². The predicted molar refractivity (Wildman–Crippen MR) is 112 cm³/mol. The molecule has 2 aliphatic rings. The van der Waals surface area contributed by atoms with E-state index < -0.39 is 0 Å². The maximum absolute atomic E-state index is 12.8. The molecule has 1 aromatic carbocycles. The number of hydrogen-bond acceptors (Lipinski definition) is 5. The summed E-state index contributed by atoms with van der Waals surface area (Å²) in [6, 6.07) is 14.2. The van der Waals surface area contributed by atoms with Gasteiger partial charge in [0, 0.05) is 43.4 Å². The van der Waals surface area contributed by atoms with Crippen LogP contribution >= 0.6 is 0 Å². The van der Waals surface area contributed by atoms with Crippen molar-refractivity contribution in [1.82, 2.24) is 14.8 Å². The first-order valence-corrected chi connectivity index (χ1v) is 10.4. The average Bonchev–Trinajstić information content (AvgIpc) is 2.80. The number of hydrogen-bond donors (Lipinski definition) is 0. The molecule has 0 N–H and O–H groups in total. The Morgan fingerprint density at radius 3 is 2.83 bits per heavy atom. The van der Waals surface area contributed by atoms with E-state index in [9.17, 15) is 4.79 Å². The van der Waals surface area contributed by atoms with Gasteiger partial charge in [-0.15, -0.1) is 0 Å². The van der Waals surface area contributed by atoms with Gasteiger partial charge in [-0.05, 0) is 37.1 Å². The van der Waals surface area contributed by atoms with Crippen molar-refractivity contribution < 1.29 is 14.3 Å². The first-order valence-electron chi connectivity index (χ1n) is 10.4. The number of aromatic nitrogens is 1. The third-order valence-corrected chi connectivity index (χ3v) is 5.79. The van der Waals surface area contributed by atoms with Crippen molar-refractivity contribution in [3.63, 3.8) is 0 Å². The van der Waals surface area contributed by atoms with Crippen LogP contribution in [0.5, 0.6) is 5.75 Å². The Labute approximate surface area is 172 Å². The lowest BCUT2D eigenvalue weighted by Crippen LogP contribution is -2.47. The molecule has 1 aromatic heterocycles. The molecule has 1 unspecified atom stereocenters. The predicted octanol–water partition coefficient (Wildman–Crippen LogP) is 2.80. The summed E-state index contributed by atoms with van der Waals surface area (Å²) in [6.07, 6.45) is 2.08. The number of piperidine rings is 1. The van der Waals surface area contributed by atoms with Crippen molar-refractivity contribution in [2.45, 2.75) is 18.8 Å². The van der Waals surface area contributed by atoms with Crippen molar-refractivity contribution in [3.8, 4) is 17.0 Å². The van der Waals surface area contributed by atoms with E-state index in [4.69, 9.17) is 14.5 Å². The number of carbonyl (C=O) groups excluding carboxylic acids is 1. The summed E-state index contributed by atoms with van der Waals surface area (Å²) >= 11 is 0. The Balaban J connectivity index is 1.44. The summed E-state index contributed by atoms with van der Waals surface area (Å²) < 4.78 is 10.7. The maximum atomic E-state index is 12.8. The second-order valence-corrected chi connectivity index (χ2v) is 7.75. The lowest BCUT2D eigenvalue weighted by Gasteiger charge is -2.35. The fourth-order valence-corrected chi connectivity index (χ4v) is 4.12. The van der Waals surface area contributed by atoms with Gasteiger partial charge in [0.1, 0.15) is 5.75 Å². The number of pyridine rings is 1. The van der Waals surface area contributed by atoms with Gasteiger partial charge in [0.2, 0.25) is 5.91 Å². The lowest BCUT2D eigenvalue weighted by atomic mass is 9.93. The second-order valence-electron chi connectivity index (χ2n) is 7.75. The summed E-state index contributed by atoms with van der Waals surface area (Å²) in [4.78, 5) is 22.0. The van der Waals surface area contributed by atoms with Crippen LogP contribution in [0.2, 0.25) is 0 Å². The van der Waals surface area contributed by atoms with Crippen LogP contribution in [-0.4, -0.2) is 73.7 Å². The topological polar surface area (TPSA) is 54.9 Å². The molecule has 4 rings (SSSR count). The zero-order valence-electron chi connectivity index (χ0n) is 17.0. The number of methoxy groups -OCH3 is 1. The van der Waals surface area contributed by atoms with Crippen molar-refractivity contribution in [2.75, 3.05) is 53.0 Å². The van der Waals surface area contributed by atoms with Gasteiger partial charge < -0.3 is 14.4 Å². The Bertz CT molecular complexity index is 836. The van der Waals surface area contributed by atoms with E-state index in [-0.39, 0.29) is 11.8 Å². The molecule has 6 heteroatoms. The summed E-state index contributed by atoms with van der Waals surface area (Å²) in [5.74, 6) is 1.33. The molecule has 0 spiro atoms. The standard InChI is InChI=1S/C23H29N3O3/c1-28-20-7-2-5-18(15-20)21-8-3-9-22(24-21)19-6-4-10-26(16-19)23(27)17-25-11-13-29-14-12-25/h2-3,5,7-9,15,19H,4,6,10-14,16-17H2,1H3. The molecule has 1 amide bonds. The molecule has 2 saturated heterocycles. The van der Waals surface area contributed by atoms with Crippen LogP contribution in [0.25, 0.3) is 11.3 Å². The van der Waals surface area contributed by atoms with E-state index in [2.05, 4.69) is 17.0 Å². The molecule has 2 aliphatic heterocycles. The third kappa shape index (κ3) is 4.95. The van der Waals surface area contributed by atoms with Gasteiger partial charge >= 0.3 is 0 Å². The van der Waals surface area contributed by atoms with Crippen LogP contribution in [0.15, 0.2) is 42.5 Å². The van der Waals surface area contributed by atoms with Crippen LogP contribution < -0.4 is 4.74 Å². The number of morpholine rings is 1. The second kappa shape index (κ2) is 9.37. The zero-order valence-corrected chi connectivity index (χ0v) is 17.0. The number of carbonyl (C=O) groups is 1. The minimum Gasteiger partial charge on any atom is -0.497 e. The van der Waals surface area contributed by atoms with Crippen LogP contribution in [-0.2, 0) is 9.53 Å². The number of amides is 1. The van der Waals surface area contributed by atoms with Crippen molar-refractivity contribution >= 4 is 5.91 Å². The van der Waals surface area contributed by atoms with Gasteiger partial charge in [0.15, 0.2) is 0 Å². The summed E-state index contributed by atoms with van der Waals surface area (Å²) in [7, 11) is 1.67. The van der Waals surface area contributed by atoms with Crippen molar-refractivity contribution in [3.05, 3.63) is 48.2 Å². The zero-order chi connectivity index (χ0) is 20.1. The monoisotopic (exact) mass is 395 g/mol. The SMILES string of the molecule is COc1cccc(-c2cccc(C3CCCN(C(=O)CN4CCOCC4)C3)n2)c1. The quantitative estimate of drug-likeness (QED) is 0.779. The van der Waals surface area contributed by atoms with Gasteiger partial charge in [-0.25, -0.2) is 0 Å². The normalized spacial score (nSPS) is 20.4. The highest BCUT2D eigenvalue weighted by atomic mass is 16.5. The largest absolute Gasteiger partial charge is 0.497 e. The minimum atomic E-state index is 0.223. The molecule has 29 heavy (non-hydrogen) atoms.